The lowest BCUT2D eigenvalue weighted by molar-refractivity contribution is 0.00742. The van der Waals surface area contributed by atoms with Crippen molar-refractivity contribution < 1.29 is 9.84 Å². The van der Waals surface area contributed by atoms with E-state index in [0.29, 0.717) is 34.4 Å². The number of halogens is 2. The van der Waals surface area contributed by atoms with Crippen molar-refractivity contribution in [3.05, 3.63) is 56.2 Å². The molecule has 26 heavy (non-hydrogen) atoms. The highest BCUT2D eigenvalue weighted by molar-refractivity contribution is 6.42. The third kappa shape index (κ3) is 4.60. The number of ether oxygens (including phenoxy) is 1. The highest BCUT2D eigenvalue weighted by Crippen LogP contribution is 2.22. The number of rotatable bonds is 8. The Morgan fingerprint density at radius 1 is 1.31 bits per heavy atom. The van der Waals surface area contributed by atoms with Crippen LogP contribution in [-0.2, 0) is 17.7 Å². The van der Waals surface area contributed by atoms with E-state index >= 15 is 0 Å². The summed E-state index contributed by atoms with van der Waals surface area (Å²) in [7, 11) is 0. The fraction of sp³-hybridized carbons (Fsp3) is 0.312. The van der Waals surface area contributed by atoms with Crippen molar-refractivity contribution in [2.45, 2.75) is 19.2 Å². The molecule has 0 unspecified atom stereocenters. The summed E-state index contributed by atoms with van der Waals surface area (Å²) in [5.74, 6) is 0.452. The minimum Gasteiger partial charge on any atom is -0.394 e. The number of fused-ring (bicyclic) bond motifs is 1. The molecule has 4 N–H and O–H groups in total. The van der Waals surface area contributed by atoms with Crippen LogP contribution in [0.25, 0.3) is 11.0 Å². The lowest BCUT2D eigenvalue weighted by Crippen LogP contribution is -2.35. The summed E-state index contributed by atoms with van der Waals surface area (Å²) in [5, 5.41) is 19.6. The number of aromatic amines is 2. The number of nitrogens with one attached hydrogen (secondary N) is 3. The van der Waals surface area contributed by atoms with Crippen molar-refractivity contribution in [3.63, 3.8) is 0 Å². The first-order valence-electron chi connectivity index (χ1n) is 7.89. The number of aliphatic hydroxyl groups excluding tert-OH is 1. The van der Waals surface area contributed by atoms with Crippen LogP contribution in [0.4, 0.5) is 0 Å². The van der Waals surface area contributed by atoms with Gasteiger partial charge in [-0.1, -0.05) is 29.3 Å². The van der Waals surface area contributed by atoms with Crippen LogP contribution in [0.3, 0.4) is 0 Å². The molecule has 0 radical (unpaired) electrons. The zero-order chi connectivity index (χ0) is 18.5. The van der Waals surface area contributed by atoms with Crippen molar-refractivity contribution in [3.8, 4) is 0 Å². The molecule has 3 rings (SSSR count). The predicted molar refractivity (Wildman–Crippen MR) is 98.3 cm³/mol. The smallest absolute Gasteiger partial charge is 0.279 e. The number of aromatic nitrogens is 4. The van der Waals surface area contributed by atoms with E-state index in [0.717, 1.165) is 5.56 Å². The molecule has 0 fully saturated rings. The lowest BCUT2D eigenvalue weighted by Gasteiger charge is -2.19. The van der Waals surface area contributed by atoms with Gasteiger partial charge in [0.1, 0.15) is 17.6 Å². The van der Waals surface area contributed by atoms with Crippen molar-refractivity contribution >= 4 is 34.2 Å². The quantitative estimate of drug-likeness (QED) is 0.429. The summed E-state index contributed by atoms with van der Waals surface area (Å²) in [6, 6.07) is 5.33. The van der Waals surface area contributed by atoms with Crippen LogP contribution in [0.2, 0.25) is 10.0 Å². The Bertz CT molecular complexity index is 943. The molecule has 0 spiro atoms. The molecule has 3 aromatic rings. The first kappa shape index (κ1) is 18.8. The highest BCUT2D eigenvalue weighted by atomic mass is 35.5. The molecule has 2 heterocycles. The van der Waals surface area contributed by atoms with Gasteiger partial charge >= 0.3 is 0 Å². The summed E-state index contributed by atoms with van der Waals surface area (Å²) >= 11 is 11.9. The average Bonchev–Trinajstić information content (AvgIpc) is 3.09. The van der Waals surface area contributed by atoms with Gasteiger partial charge in [0.15, 0.2) is 5.52 Å². The third-order valence-electron chi connectivity index (χ3n) is 3.66. The van der Waals surface area contributed by atoms with E-state index in [1.54, 1.807) is 18.3 Å². The van der Waals surface area contributed by atoms with Gasteiger partial charge in [-0.25, -0.2) is 4.98 Å². The Morgan fingerprint density at radius 3 is 2.92 bits per heavy atom. The molecule has 0 aliphatic heterocycles. The zero-order valence-electron chi connectivity index (χ0n) is 13.6. The Morgan fingerprint density at radius 2 is 2.15 bits per heavy atom. The van der Waals surface area contributed by atoms with Gasteiger partial charge in [-0.3, -0.25) is 15.2 Å². The third-order valence-corrected chi connectivity index (χ3v) is 4.39. The molecule has 138 valence electrons. The number of aliphatic hydroxyl groups is 1. The maximum Gasteiger partial charge on any atom is 0.279 e. The Kier molecular flexibility index (Phi) is 6.23. The normalized spacial score (nSPS) is 12.6. The fourth-order valence-electron chi connectivity index (χ4n) is 2.44. The first-order chi connectivity index (χ1) is 12.6. The van der Waals surface area contributed by atoms with Crippen LogP contribution in [0.1, 0.15) is 11.4 Å². The fourth-order valence-corrected chi connectivity index (χ4v) is 2.76. The van der Waals surface area contributed by atoms with E-state index in [1.165, 1.54) is 0 Å². The van der Waals surface area contributed by atoms with Crippen LogP contribution in [-0.4, -0.2) is 44.7 Å². The SMILES string of the molecule is O=c1[nH]c(C[C@@H](NCc2ccc(Cl)c(Cl)c2)OCCO)nc2c[nH]nc12. The average molecular weight is 398 g/mol. The van der Waals surface area contributed by atoms with Crippen LogP contribution in [0.5, 0.6) is 0 Å². The van der Waals surface area contributed by atoms with Gasteiger partial charge in [0.2, 0.25) is 0 Å². The number of benzene rings is 1. The number of hydrogen-bond acceptors (Lipinski definition) is 6. The Hall–Kier alpha value is -1.97. The summed E-state index contributed by atoms with van der Waals surface area (Å²) in [6.07, 6.45) is 1.39. The van der Waals surface area contributed by atoms with Crippen molar-refractivity contribution in [1.82, 2.24) is 25.5 Å². The van der Waals surface area contributed by atoms with Crippen LogP contribution < -0.4 is 10.9 Å². The highest BCUT2D eigenvalue weighted by Gasteiger charge is 2.14. The molecule has 0 saturated carbocycles. The number of H-pyrrole nitrogens is 2. The molecule has 0 amide bonds. The molecular weight excluding hydrogens is 381 g/mol. The van der Waals surface area contributed by atoms with Crippen LogP contribution in [0.15, 0.2) is 29.2 Å². The molecule has 0 aliphatic rings. The van der Waals surface area contributed by atoms with Gasteiger partial charge in [-0.2, -0.15) is 5.10 Å². The first-order valence-corrected chi connectivity index (χ1v) is 8.65. The monoisotopic (exact) mass is 397 g/mol. The van der Waals surface area contributed by atoms with Gasteiger partial charge in [-0.05, 0) is 17.7 Å². The molecule has 0 saturated heterocycles. The molecule has 10 heteroatoms. The topological polar surface area (TPSA) is 116 Å². The van der Waals surface area contributed by atoms with Crippen molar-refractivity contribution in [2.75, 3.05) is 13.2 Å². The van der Waals surface area contributed by atoms with Crippen LogP contribution in [0, 0.1) is 0 Å². The second kappa shape index (κ2) is 8.61. The minimum absolute atomic E-state index is 0.115. The van der Waals surface area contributed by atoms with E-state index in [9.17, 15) is 4.79 Å². The van der Waals surface area contributed by atoms with Gasteiger partial charge in [-0.15, -0.1) is 0 Å². The second-order valence-electron chi connectivity index (χ2n) is 5.55. The molecule has 0 aliphatic carbocycles. The minimum atomic E-state index is -0.468. The Labute approximate surface area is 158 Å². The van der Waals surface area contributed by atoms with Gasteiger partial charge in [0, 0.05) is 19.2 Å². The van der Waals surface area contributed by atoms with E-state index < -0.39 is 6.23 Å². The maximum atomic E-state index is 12.0. The molecule has 8 nitrogen and oxygen atoms in total. The Balaban J connectivity index is 1.71. The van der Waals surface area contributed by atoms with E-state index in [1.807, 2.05) is 6.07 Å². The summed E-state index contributed by atoms with van der Waals surface area (Å²) in [6.45, 7) is 0.498. The summed E-state index contributed by atoms with van der Waals surface area (Å²) < 4.78 is 5.60. The van der Waals surface area contributed by atoms with Crippen molar-refractivity contribution in [2.24, 2.45) is 0 Å². The molecule has 1 atom stereocenters. The van der Waals surface area contributed by atoms with Gasteiger partial charge in [0.05, 0.1) is 23.3 Å². The number of hydrogen-bond donors (Lipinski definition) is 4. The van der Waals surface area contributed by atoms with E-state index in [4.69, 9.17) is 33.0 Å². The standard InChI is InChI=1S/C16H17Cl2N5O3/c17-10-2-1-9(5-11(10)18)7-19-14(26-4-3-24)6-13-21-12-8-20-23-15(12)16(25)22-13/h1-2,5,8,14,19,24H,3-4,6-7H2,(H,20,23)(H,21,22,25)/t14-/m0/s1. The second-order valence-corrected chi connectivity index (χ2v) is 6.36. The maximum absolute atomic E-state index is 12.0. The van der Waals surface area contributed by atoms with Crippen LogP contribution >= 0.6 is 23.2 Å². The predicted octanol–water partition coefficient (Wildman–Crippen LogP) is 1.62. The van der Waals surface area contributed by atoms with Crippen molar-refractivity contribution in [1.29, 1.82) is 0 Å². The molecule has 0 bridgehead atoms. The summed E-state index contributed by atoms with van der Waals surface area (Å²) in [5.41, 5.74) is 1.33. The molecular formula is C16H17Cl2N5O3. The largest absolute Gasteiger partial charge is 0.394 e. The molecule has 1 aromatic carbocycles. The zero-order valence-corrected chi connectivity index (χ0v) is 15.1. The van der Waals surface area contributed by atoms with E-state index in [-0.39, 0.29) is 24.3 Å². The van der Waals surface area contributed by atoms with E-state index in [2.05, 4.69) is 25.5 Å². The number of nitrogens with zero attached hydrogens (tertiary/aromatic N) is 2. The van der Waals surface area contributed by atoms with Gasteiger partial charge in [0.25, 0.3) is 5.56 Å². The lowest BCUT2D eigenvalue weighted by atomic mass is 10.2. The van der Waals surface area contributed by atoms with Gasteiger partial charge < -0.3 is 14.8 Å². The summed E-state index contributed by atoms with van der Waals surface area (Å²) in [4.78, 5) is 19.0. The molecule has 2 aromatic heterocycles.